The van der Waals surface area contributed by atoms with Crippen molar-refractivity contribution < 1.29 is 27.8 Å². The van der Waals surface area contributed by atoms with Gasteiger partial charge < -0.3 is 14.8 Å². The fraction of sp³-hybridized carbons (Fsp3) is 0.208. The second kappa shape index (κ2) is 10.6. The number of anilines is 1. The van der Waals surface area contributed by atoms with Crippen molar-refractivity contribution in [2.75, 3.05) is 5.32 Å². The van der Waals surface area contributed by atoms with Crippen LogP contribution in [0.3, 0.4) is 0 Å². The second-order valence-electron chi connectivity index (χ2n) is 7.29. The first-order valence-electron chi connectivity index (χ1n) is 10.3. The van der Waals surface area contributed by atoms with E-state index in [4.69, 9.17) is 4.74 Å². The van der Waals surface area contributed by atoms with E-state index in [9.17, 15) is 23.2 Å². The van der Waals surface area contributed by atoms with Crippen LogP contribution in [-0.4, -0.2) is 34.0 Å². The van der Waals surface area contributed by atoms with Crippen LogP contribution in [0.2, 0.25) is 0 Å². The molecule has 0 bridgehead atoms. The molecule has 34 heavy (non-hydrogen) atoms. The summed E-state index contributed by atoms with van der Waals surface area (Å²) in [6.07, 6.45) is 1.32. The number of nitrogens with one attached hydrogen (secondary N) is 1. The van der Waals surface area contributed by atoms with E-state index < -0.39 is 30.2 Å². The van der Waals surface area contributed by atoms with Crippen molar-refractivity contribution in [3.63, 3.8) is 0 Å². The zero-order valence-electron chi connectivity index (χ0n) is 18.7. The SMILES string of the molecule is Cc1c(NC(=O)C(C)OC(=O)/C=C/c2ccc(OC(F)F)cc2)c(=O)n(-c2ccccc2)n1C. The highest BCUT2D eigenvalue weighted by molar-refractivity contribution is 5.97. The van der Waals surface area contributed by atoms with E-state index >= 15 is 0 Å². The summed E-state index contributed by atoms with van der Waals surface area (Å²) in [6.45, 7) is 0.142. The minimum atomic E-state index is -2.93. The molecule has 0 saturated carbocycles. The maximum Gasteiger partial charge on any atom is 0.387 e. The Hall–Kier alpha value is -4.21. The Labute approximate surface area is 194 Å². The molecule has 1 aromatic heterocycles. The van der Waals surface area contributed by atoms with Crippen molar-refractivity contribution >= 4 is 23.6 Å². The van der Waals surface area contributed by atoms with E-state index in [-0.39, 0.29) is 11.4 Å². The molecule has 3 rings (SSSR count). The van der Waals surface area contributed by atoms with Crippen LogP contribution in [0.15, 0.2) is 65.5 Å². The fourth-order valence-corrected chi connectivity index (χ4v) is 3.13. The molecule has 1 heterocycles. The number of amides is 1. The molecule has 10 heteroatoms. The molecule has 0 fully saturated rings. The Kier molecular flexibility index (Phi) is 7.62. The molecule has 1 N–H and O–H groups in total. The van der Waals surface area contributed by atoms with Crippen molar-refractivity contribution in [2.24, 2.45) is 7.05 Å². The molecule has 1 unspecified atom stereocenters. The Morgan fingerprint density at radius 1 is 1.06 bits per heavy atom. The molecule has 2 aromatic carbocycles. The van der Waals surface area contributed by atoms with E-state index in [0.717, 1.165) is 6.08 Å². The Balaban J connectivity index is 1.63. The van der Waals surface area contributed by atoms with Gasteiger partial charge in [-0.05, 0) is 49.8 Å². The van der Waals surface area contributed by atoms with E-state index in [1.165, 1.54) is 41.9 Å². The third-order valence-electron chi connectivity index (χ3n) is 4.98. The van der Waals surface area contributed by atoms with Crippen molar-refractivity contribution in [2.45, 2.75) is 26.6 Å². The predicted molar refractivity (Wildman–Crippen MR) is 122 cm³/mol. The molecule has 0 spiro atoms. The molecule has 8 nitrogen and oxygen atoms in total. The lowest BCUT2D eigenvalue weighted by Gasteiger charge is -2.11. The number of para-hydroxylation sites is 1. The third-order valence-corrected chi connectivity index (χ3v) is 4.98. The first kappa shape index (κ1) is 24.4. The Morgan fingerprint density at radius 3 is 2.32 bits per heavy atom. The number of carbonyl (C=O) groups excluding carboxylic acids is 2. The number of esters is 1. The summed E-state index contributed by atoms with van der Waals surface area (Å²) < 4.78 is 36.8. The van der Waals surface area contributed by atoms with Gasteiger partial charge in [0.15, 0.2) is 6.10 Å². The standard InChI is InChI=1S/C24H23F2N3O5/c1-15-21(23(32)29(28(15)3)18-7-5-4-6-8-18)27-22(31)16(2)33-20(30)14-11-17-9-12-19(13-10-17)34-24(25)26/h4-14,16,24H,1-3H3,(H,27,31)/b14-11+. The summed E-state index contributed by atoms with van der Waals surface area (Å²) in [7, 11) is 1.69. The fourth-order valence-electron chi connectivity index (χ4n) is 3.13. The lowest BCUT2D eigenvalue weighted by molar-refractivity contribution is -0.148. The first-order chi connectivity index (χ1) is 16.2. The summed E-state index contributed by atoms with van der Waals surface area (Å²) in [5.74, 6) is -1.47. The van der Waals surface area contributed by atoms with Crippen LogP contribution < -0.4 is 15.6 Å². The average Bonchev–Trinajstić information content (AvgIpc) is 3.01. The maximum atomic E-state index is 12.9. The van der Waals surface area contributed by atoms with E-state index in [1.807, 2.05) is 6.07 Å². The van der Waals surface area contributed by atoms with Gasteiger partial charge >= 0.3 is 12.6 Å². The minimum Gasteiger partial charge on any atom is -0.449 e. The lowest BCUT2D eigenvalue weighted by atomic mass is 10.2. The molecule has 0 aliphatic rings. The number of alkyl halides is 2. The Bertz CT molecular complexity index is 1250. The summed E-state index contributed by atoms with van der Waals surface area (Å²) in [6, 6.07) is 14.6. The van der Waals surface area contributed by atoms with Crippen molar-refractivity contribution in [3.05, 3.63) is 82.3 Å². The van der Waals surface area contributed by atoms with Crippen molar-refractivity contribution in [3.8, 4) is 11.4 Å². The molecule has 0 aliphatic carbocycles. The van der Waals surface area contributed by atoms with Crippen LogP contribution in [-0.2, 0) is 21.4 Å². The van der Waals surface area contributed by atoms with Gasteiger partial charge in [-0.2, -0.15) is 8.78 Å². The molecular formula is C24H23F2N3O5. The highest BCUT2D eigenvalue weighted by Gasteiger charge is 2.22. The summed E-state index contributed by atoms with van der Waals surface area (Å²) >= 11 is 0. The third kappa shape index (κ3) is 5.77. The number of halogens is 2. The number of hydrogen-bond donors (Lipinski definition) is 1. The topological polar surface area (TPSA) is 91.6 Å². The van der Waals surface area contributed by atoms with Gasteiger partial charge in [0.1, 0.15) is 11.4 Å². The quantitative estimate of drug-likeness (QED) is 0.400. The molecule has 0 radical (unpaired) electrons. The zero-order valence-corrected chi connectivity index (χ0v) is 18.7. The van der Waals surface area contributed by atoms with Crippen LogP contribution in [0.25, 0.3) is 11.8 Å². The van der Waals surface area contributed by atoms with Crippen LogP contribution in [0, 0.1) is 6.92 Å². The van der Waals surface area contributed by atoms with Gasteiger partial charge in [-0.1, -0.05) is 30.3 Å². The highest BCUT2D eigenvalue weighted by Crippen LogP contribution is 2.16. The number of rotatable bonds is 8. The van der Waals surface area contributed by atoms with Gasteiger partial charge in [-0.3, -0.25) is 14.3 Å². The smallest absolute Gasteiger partial charge is 0.387 e. The van der Waals surface area contributed by atoms with Gasteiger partial charge in [0.2, 0.25) is 0 Å². The Morgan fingerprint density at radius 2 is 1.71 bits per heavy atom. The first-order valence-corrected chi connectivity index (χ1v) is 10.3. The van der Waals surface area contributed by atoms with Gasteiger partial charge in [-0.25, -0.2) is 9.48 Å². The second-order valence-corrected chi connectivity index (χ2v) is 7.29. The van der Waals surface area contributed by atoms with Crippen LogP contribution >= 0.6 is 0 Å². The molecule has 3 aromatic rings. The average molecular weight is 471 g/mol. The molecule has 1 atom stereocenters. The molecule has 1 amide bonds. The van der Waals surface area contributed by atoms with Gasteiger partial charge in [0.05, 0.1) is 11.4 Å². The number of nitrogens with zero attached hydrogens (tertiary/aromatic N) is 2. The molecule has 0 saturated heterocycles. The summed E-state index contributed by atoms with van der Waals surface area (Å²) in [5, 5.41) is 2.54. The highest BCUT2D eigenvalue weighted by atomic mass is 19.3. The predicted octanol–water partition coefficient (Wildman–Crippen LogP) is 3.67. The van der Waals surface area contributed by atoms with Gasteiger partial charge in [0, 0.05) is 13.1 Å². The molecule has 178 valence electrons. The van der Waals surface area contributed by atoms with Crippen molar-refractivity contribution in [1.29, 1.82) is 0 Å². The molecule has 0 aliphatic heterocycles. The number of ether oxygens (including phenoxy) is 2. The van der Waals surface area contributed by atoms with Crippen molar-refractivity contribution in [1.82, 2.24) is 9.36 Å². The maximum absolute atomic E-state index is 12.9. The van der Waals surface area contributed by atoms with Crippen LogP contribution in [0.4, 0.5) is 14.5 Å². The van der Waals surface area contributed by atoms with Gasteiger partial charge in [-0.15, -0.1) is 0 Å². The normalized spacial score (nSPS) is 12.1. The van der Waals surface area contributed by atoms with E-state index in [2.05, 4.69) is 10.1 Å². The van der Waals surface area contributed by atoms with E-state index in [1.54, 1.807) is 42.9 Å². The number of benzene rings is 2. The van der Waals surface area contributed by atoms with Crippen LogP contribution in [0.5, 0.6) is 5.75 Å². The molecular weight excluding hydrogens is 448 g/mol. The largest absolute Gasteiger partial charge is 0.449 e. The lowest BCUT2D eigenvalue weighted by Crippen LogP contribution is -2.31. The van der Waals surface area contributed by atoms with Crippen LogP contribution in [0.1, 0.15) is 18.2 Å². The number of aromatic nitrogens is 2. The minimum absolute atomic E-state index is 0.0115. The van der Waals surface area contributed by atoms with E-state index in [0.29, 0.717) is 16.9 Å². The monoisotopic (exact) mass is 471 g/mol. The number of hydrogen-bond acceptors (Lipinski definition) is 5. The zero-order chi connectivity index (χ0) is 24.8. The number of carbonyl (C=O) groups is 2. The summed E-state index contributed by atoms with van der Waals surface area (Å²) in [5.41, 5.74) is 1.37. The summed E-state index contributed by atoms with van der Waals surface area (Å²) in [4.78, 5) is 37.5. The van der Waals surface area contributed by atoms with Gasteiger partial charge in [0.25, 0.3) is 11.5 Å².